The van der Waals surface area contributed by atoms with E-state index in [1.54, 1.807) is 0 Å². The second-order valence-corrected chi connectivity index (χ2v) is 9.86. The Balaban J connectivity index is 1.33. The monoisotopic (exact) mass is 546 g/mol. The van der Waals surface area contributed by atoms with Gasteiger partial charge in [-0.3, -0.25) is 0 Å². The van der Waals surface area contributed by atoms with Crippen LogP contribution < -0.4 is 4.74 Å². The van der Waals surface area contributed by atoms with E-state index in [4.69, 9.17) is 9.47 Å². The summed E-state index contributed by atoms with van der Waals surface area (Å²) in [5, 5.41) is 0. The van der Waals surface area contributed by atoms with E-state index in [0.29, 0.717) is 62.9 Å². The Labute approximate surface area is 216 Å². The summed E-state index contributed by atoms with van der Waals surface area (Å²) in [6.07, 6.45) is 0.310. The third-order valence-electron chi connectivity index (χ3n) is 7.42. The van der Waals surface area contributed by atoms with Crippen LogP contribution in [0.25, 0.3) is 11.4 Å². The highest BCUT2D eigenvalue weighted by Gasteiger charge is 2.45. The second kappa shape index (κ2) is 11.6. The van der Waals surface area contributed by atoms with Crippen LogP contribution in [-0.2, 0) is 10.9 Å². The second-order valence-electron chi connectivity index (χ2n) is 9.86. The summed E-state index contributed by atoms with van der Waals surface area (Å²) in [7, 11) is 0. The molecule has 2 aliphatic carbocycles. The molecule has 38 heavy (non-hydrogen) atoms. The molecule has 2 aliphatic rings. The van der Waals surface area contributed by atoms with Crippen molar-refractivity contribution in [2.24, 2.45) is 17.8 Å². The van der Waals surface area contributed by atoms with E-state index in [1.165, 1.54) is 5.57 Å². The number of halogens is 7. The molecule has 208 valence electrons. The average molecular weight is 547 g/mol. The zero-order chi connectivity index (χ0) is 27.5. The Bertz CT molecular complexity index is 1100. The van der Waals surface area contributed by atoms with Gasteiger partial charge in [-0.25, -0.2) is 18.7 Å². The van der Waals surface area contributed by atoms with Crippen molar-refractivity contribution in [1.29, 1.82) is 0 Å². The summed E-state index contributed by atoms with van der Waals surface area (Å²) in [5.74, 6) is -4.45. The van der Waals surface area contributed by atoms with E-state index in [-0.39, 0.29) is 17.1 Å². The predicted octanol–water partition coefficient (Wildman–Crippen LogP) is 7.98. The lowest BCUT2D eigenvalue weighted by Crippen LogP contribution is -2.38. The lowest BCUT2D eigenvalue weighted by atomic mass is 9.71. The highest BCUT2D eigenvalue weighted by atomic mass is 19.4. The van der Waals surface area contributed by atoms with Crippen molar-refractivity contribution >= 4 is 0 Å². The molecule has 0 amide bonds. The highest BCUT2D eigenvalue weighted by molar-refractivity contribution is 5.56. The molecule has 1 aromatic heterocycles. The van der Waals surface area contributed by atoms with Crippen molar-refractivity contribution in [3.63, 3.8) is 0 Å². The molecule has 1 aromatic carbocycles. The first-order valence-corrected chi connectivity index (χ1v) is 12.7. The molecule has 0 aliphatic heterocycles. The Hall–Kier alpha value is -2.69. The van der Waals surface area contributed by atoms with Crippen LogP contribution in [0.3, 0.4) is 0 Å². The van der Waals surface area contributed by atoms with Crippen molar-refractivity contribution in [1.82, 2.24) is 9.97 Å². The van der Waals surface area contributed by atoms with E-state index in [0.717, 1.165) is 31.7 Å². The first kappa shape index (κ1) is 28.3. The van der Waals surface area contributed by atoms with Crippen LogP contribution in [-0.4, -0.2) is 29.3 Å². The number of alkyl halides is 5. The molecule has 2 aromatic rings. The fraction of sp³-hybridized carbons (Fsp3) is 0.556. The number of allylic oxidation sites excluding steroid dienone is 1. The third kappa shape index (κ3) is 6.65. The van der Waals surface area contributed by atoms with Crippen LogP contribution >= 0.6 is 0 Å². The Morgan fingerprint density at radius 1 is 0.895 bits per heavy atom. The topological polar surface area (TPSA) is 44.2 Å². The van der Waals surface area contributed by atoms with Gasteiger partial charge in [0, 0.05) is 12.2 Å². The van der Waals surface area contributed by atoms with Gasteiger partial charge in [0.05, 0.1) is 24.9 Å². The number of rotatable bonds is 8. The fourth-order valence-electron chi connectivity index (χ4n) is 5.36. The first-order valence-electron chi connectivity index (χ1n) is 12.7. The van der Waals surface area contributed by atoms with Crippen molar-refractivity contribution < 1.29 is 40.2 Å². The van der Waals surface area contributed by atoms with Gasteiger partial charge in [0.2, 0.25) is 0 Å². The quantitative estimate of drug-likeness (QED) is 0.249. The van der Waals surface area contributed by atoms with E-state index < -0.39 is 35.4 Å². The van der Waals surface area contributed by atoms with Gasteiger partial charge in [-0.1, -0.05) is 6.08 Å². The van der Waals surface area contributed by atoms with E-state index in [2.05, 4.69) is 16.0 Å². The fourth-order valence-corrected chi connectivity index (χ4v) is 5.36. The lowest BCUT2D eigenvalue weighted by Gasteiger charge is -2.37. The number of aromatic nitrogens is 2. The van der Waals surface area contributed by atoms with Crippen LogP contribution in [0, 0.1) is 29.4 Å². The molecule has 0 bridgehead atoms. The summed E-state index contributed by atoms with van der Waals surface area (Å²) in [5.41, 5.74) is -1.09. The molecule has 11 heteroatoms. The number of ether oxygens (including phenoxy) is 2. The molecule has 1 atom stereocenters. The van der Waals surface area contributed by atoms with Gasteiger partial charge in [-0.05, 0) is 81.4 Å². The summed E-state index contributed by atoms with van der Waals surface area (Å²) in [6.45, 7) is 3.29. The lowest BCUT2D eigenvalue weighted by molar-refractivity contribution is -0.224. The average Bonchev–Trinajstić information content (AvgIpc) is 2.87. The molecule has 1 saturated carbocycles. The van der Waals surface area contributed by atoms with Crippen LogP contribution in [0.5, 0.6) is 5.75 Å². The van der Waals surface area contributed by atoms with E-state index in [1.807, 2.05) is 6.92 Å². The van der Waals surface area contributed by atoms with Crippen LogP contribution in [0.2, 0.25) is 0 Å². The minimum Gasteiger partial charge on any atom is -0.429 e. The molecule has 0 spiro atoms. The normalized spacial score (nSPS) is 22.7. The Morgan fingerprint density at radius 2 is 1.53 bits per heavy atom. The van der Waals surface area contributed by atoms with Gasteiger partial charge in [0.15, 0.2) is 11.6 Å². The van der Waals surface area contributed by atoms with Crippen molar-refractivity contribution in [2.45, 2.75) is 64.2 Å². The SMILES string of the molecule is CCOCC1=CCC(C2CCC(C(F)(F)Oc3cnc(-c4cc(F)c(C(F)(F)F)c(F)c4)nc3)CC2)CC1. The molecule has 1 fully saturated rings. The maximum absolute atomic E-state index is 14.9. The van der Waals surface area contributed by atoms with Gasteiger partial charge in [-0.15, -0.1) is 0 Å². The van der Waals surface area contributed by atoms with Crippen LogP contribution in [0.4, 0.5) is 30.7 Å². The minimum atomic E-state index is -5.21. The number of benzene rings is 1. The molecule has 0 saturated heterocycles. The summed E-state index contributed by atoms with van der Waals surface area (Å²) >= 11 is 0. The summed E-state index contributed by atoms with van der Waals surface area (Å²) < 4.78 is 106. The minimum absolute atomic E-state index is 0.312. The predicted molar refractivity (Wildman–Crippen MR) is 125 cm³/mol. The molecule has 1 unspecified atom stereocenters. The molecule has 4 rings (SSSR count). The van der Waals surface area contributed by atoms with Gasteiger partial charge in [-0.2, -0.15) is 22.0 Å². The van der Waals surface area contributed by atoms with Gasteiger partial charge < -0.3 is 9.47 Å². The number of hydrogen-bond acceptors (Lipinski definition) is 4. The van der Waals surface area contributed by atoms with Crippen molar-refractivity contribution in [3.8, 4) is 17.1 Å². The van der Waals surface area contributed by atoms with E-state index in [9.17, 15) is 30.7 Å². The van der Waals surface area contributed by atoms with Crippen LogP contribution in [0.1, 0.15) is 57.4 Å². The third-order valence-corrected chi connectivity index (χ3v) is 7.42. The zero-order valence-electron chi connectivity index (χ0n) is 20.8. The largest absolute Gasteiger partial charge is 0.429 e. The summed E-state index contributed by atoms with van der Waals surface area (Å²) in [6, 6.07) is 0.882. The smallest absolute Gasteiger partial charge is 0.422 e. The molecular weight excluding hydrogens is 517 g/mol. The summed E-state index contributed by atoms with van der Waals surface area (Å²) in [4.78, 5) is 7.50. The van der Waals surface area contributed by atoms with Crippen molar-refractivity contribution in [3.05, 3.63) is 53.4 Å². The van der Waals surface area contributed by atoms with Gasteiger partial charge in [0.25, 0.3) is 0 Å². The van der Waals surface area contributed by atoms with Gasteiger partial charge in [0.1, 0.15) is 17.2 Å². The maximum Gasteiger partial charge on any atom is 0.422 e. The number of hydrogen-bond donors (Lipinski definition) is 0. The molecule has 1 heterocycles. The number of nitrogens with zero attached hydrogens (tertiary/aromatic N) is 2. The maximum atomic E-state index is 14.9. The molecule has 4 nitrogen and oxygen atoms in total. The zero-order valence-corrected chi connectivity index (χ0v) is 20.8. The molecule has 0 radical (unpaired) electrons. The Morgan fingerprint density at radius 3 is 2.05 bits per heavy atom. The van der Waals surface area contributed by atoms with Gasteiger partial charge >= 0.3 is 12.3 Å². The molecule has 0 N–H and O–H groups in total. The Kier molecular flexibility index (Phi) is 8.64. The highest BCUT2D eigenvalue weighted by Crippen LogP contribution is 2.44. The standard InChI is InChI=1S/C27H29F7N2O2/c1-2-37-15-16-3-5-17(6-4-16)18-7-9-20(10-8-18)27(33,34)38-21-13-35-25(36-14-21)19-11-22(28)24(23(29)12-19)26(30,31)32/h3,11-14,17-18,20H,2,4-10,15H2,1H3. The molecular formula is C27H29F7N2O2. The first-order chi connectivity index (χ1) is 18.0. The van der Waals surface area contributed by atoms with Crippen molar-refractivity contribution in [2.75, 3.05) is 13.2 Å². The van der Waals surface area contributed by atoms with Crippen LogP contribution in [0.15, 0.2) is 36.2 Å². The van der Waals surface area contributed by atoms with E-state index >= 15 is 0 Å².